The highest BCUT2D eigenvalue weighted by Crippen LogP contribution is 2.60. The Bertz CT molecular complexity index is 1330. The molecule has 2 aromatic rings. The number of aliphatic hydroxyl groups is 1. The molecule has 0 saturated carbocycles. The van der Waals surface area contributed by atoms with Crippen molar-refractivity contribution in [2.75, 3.05) is 16.4 Å². The van der Waals surface area contributed by atoms with Gasteiger partial charge in [0.1, 0.15) is 0 Å². The van der Waals surface area contributed by atoms with E-state index in [0.717, 1.165) is 21.3 Å². The number of rotatable bonds is 7. The van der Waals surface area contributed by atoms with E-state index < -0.39 is 32.2 Å². The molecule has 208 valence electrons. The summed E-state index contributed by atoms with van der Waals surface area (Å²) in [5.74, 6) is -1.13. The molecular formula is C28H33BrN2O7Si. The molecule has 2 aromatic carbocycles. The second-order valence-electron chi connectivity index (χ2n) is 11.1. The van der Waals surface area contributed by atoms with E-state index in [0.29, 0.717) is 12.1 Å². The lowest BCUT2D eigenvalue weighted by molar-refractivity contribution is -0.154. The van der Waals surface area contributed by atoms with Crippen LogP contribution in [0.15, 0.2) is 46.9 Å². The van der Waals surface area contributed by atoms with Crippen molar-refractivity contribution >= 4 is 53.4 Å². The first-order chi connectivity index (χ1) is 18.4. The number of hydrogen-bond donors (Lipinski definition) is 2. The van der Waals surface area contributed by atoms with Crippen LogP contribution in [0.5, 0.6) is 0 Å². The summed E-state index contributed by atoms with van der Waals surface area (Å²) in [5, 5.41) is 9.76. The van der Waals surface area contributed by atoms with Gasteiger partial charge in [0.05, 0.1) is 24.8 Å². The molecule has 0 bridgehead atoms. The van der Waals surface area contributed by atoms with Crippen LogP contribution in [0.3, 0.4) is 0 Å². The van der Waals surface area contributed by atoms with Gasteiger partial charge in [-0.15, -0.1) is 0 Å². The number of hydrogen-bond acceptors (Lipinski definition) is 7. The Morgan fingerprint density at radius 3 is 2.62 bits per heavy atom. The van der Waals surface area contributed by atoms with Crippen molar-refractivity contribution in [3.8, 4) is 0 Å². The quantitative estimate of drug-likeness (QED) is 0.276. The fraction of sp³-hybridized carbons (Fsp3) is 0.464. The number of amides is 2. The minimum atomic E-state index is -2.78. The first-order valence-electron chi connectivity index (χ1n) is 13.1. The molecule has 0 aromatic heterocycles. The van der Waals surface area contributed by atoms with Crippen molar-refractivity contribution in [1.82, 2.24) is 0 Å². The highest BCUT2D eigenvalue weighted by molar-refractivity contribution is 9.10. The lowest BCUT2D eigenvalue weighted by Gasteiger charge is -2.39. The molecule has 3 aliphatic heterocycles. The maximum absolute atomic E-state index is 14.4. The molecule has 39 heavy (non-hydrogen) atoms. The maximum atomic E-state index is 14.4. The summed E-state index contributed by atoms with van der Waals surface area (Å²) in [7, 11) is -2.78. The minimum Gasteiger partial charge on any atom is -0.441 e. The molecule has 0 aliphatic carbocycles. The Morgan fingerprint density at radius 2 is 1.97 bits per heavy atom. The predicted octanol–water partition coefficient (Wildman–Crippen LogP) is 3.80. The number of carbonyl (C=O) groups excluding carboxylic acids is 3. The van der Waals surface area contributed by atoms with Gasteiger partial charge in [0, 0.05) is 40.7 Å². The average molecular weight is 618 g/mol. The van der Waals surface area contributed by atoms with Gasteiger partial charge in [-0.3, -0.25) is 19.3 Å². The van der Waals surface area contributed by atoms with Gasteiger partial charge in [0.25, 0.3) is 5.91 Å². The van der Waals surface area contributed by atoms with Crippen molar-refractivity contribution in [2.24, 2.45) is 5.92 Å². The molecule has 2 amide bonds. The van der Waals surface area contributed by atoms with Gasteiger partial charge in [-0.25, -0.2) is 0 Å². The van der Waals surface area contributed by atoms with Gasteiger partial charge in [-0.1, -0.05) is 35.0 Å². The smallest absolute Gasteiger partial charge is 0.304 e. The molecule has 5 rings (SSSR count). The average Bonchev–Trinajstić information content (AvgIpc) is 3.25. The largest absolute Gasteiger partial charge is 0.441 e. The number of carbonyl (C=O) groups is 3. The first kappa shape index (κ1) is 28.0. The second-order valence-corrected chi connectivity index (χ2v) is 16.0. The Kier molecular flexibility index (Phi) is 7.26. The summed E-state index contributed by atoms with van der Waals surface area (Å²) in [6.45, 7) is 7.11. The molecule has 2 fully saturated rings. The third kappa shape index (κ3) is 4.63. The Balaban J connectivity index is 1.51. The van der Waals surface area contributed by atoms with Crippen molar-refractivity contribution in [2.45, 2.75) is 69.8 Å². The van der Waals surface area contributed by atoms with Crippen LogP contribution >= 0.6 is 15.9 Å². The van der Waals surface area contributed by atoms with Crippen LogP contribution in [0.4, 0.5) is 11.4 Å². The van der Waals surface area contributed by atoms with Crippen LogP contribution in [-0.2, 0) is 36.0 Å². The molecule has 0 radical (unpaired) electrons. The SMILES string of the molecule is CC(=O)OC1CC(=O)N1c1cccc(CN2C(=O)[C@]3(O[C@H](CCO)[C@@H]([Si](C)(C)O)[C@@H]3C)c3cc(Br)ccc32)c1. The van der Waals surface area contributed by atoms with E-state index >= 15 is 0 Å². The zero-order chi connectivity index (χ0) is 28.3. The molecule has 1 spiro atoms. The minimum absolute atomic E-state index is 0.103. The fourth-order valence-corrected chi connectivity index (χ4v) is 9.54. The normalized spacial score (nSPS) is 28.2. The zero-order valence-corrected chi connectivity index (χ0v) is 25.0. The number of halogens is 1. The van der Waals surface area contributed by atoms with Gasteiger partial charge in [0.15, 0.2) is 20.1 Å². The Hall–Kier alpha value is -2.57. The highest BCUT2D eigenvalue weighted by atomic mass is 79.9. The Labute approximate surface area is 237 Å². The van der Waals surface area contributed by atoms with Crippen LogP contribution in [0, 0.1) is 5.92 Å². The molecule has 3 aliphatic rings. The topological polar surface area (TPSA) is 117 Å². The summed E-state index contributed by atoms with van der Waals surface area (Å²) >= 11 is 3.55. The first-order valence-corrected chi connectivity index (χ1v) is 16.9. The molecule has 11 heteroatoms. The maximum Gasteiger partial charge on any atom is 0.304 e. The summed E-state index contributed by atoms with van der Waals surface area (Å²) in [4.78, 5) is 52.5. The summed E-state index contributed by atoms with van der Waals surface area (Å²) < 4.78 is 12.7. The number of β-lactam (4-membered cyclic amide) rings is 1. The Morgan fingerprint density at radius 1 is 1.23 bits per heavy atom. The highest BCUT2D eigenvalue weighted by Gasteiger charge is 2.66. The molecule has 2 saturated heterocycles. The zero-order valence-electron chi connectivity index (χ0n) is 22.4. The van der Waals surface area contributed by atoms with Gasteiger partial charge in [-0.05, 0) is 55.4 Å². The fourth-order valence-electron chi connectivity index (χ4n) is 6.57. The summed E-state index contributed by atoms with van der Waals surface area (Å²) in [6, 6.07) is 13.0. The number of nitrogens with zero attached hydrogens (tertiary/aromatic N) is 2. The number of benzene rings is 2. The van der Waals surface area contributed by atoms with Crippen molar-refractivity contribution in [3.05, 3.63) is 58.1 Å². The predicted molar refractivity (Wildman–Crippen MR) is 150 cm³/mol. The van der Waals surface area contributed by atoms with E-state index in [2.05, 4.69) is 15.9 Å². The molecule has 2 N–H and O–H groups in total. The molecule has 3 heterocycles. The van der Waals surface area contributed by atoms with E-state index in [1.54, 1.807) is 11.0 Å². The third-order valence-corrected chi connectivity index (χ3v) is 11.1. The van der Waals surface area contributed by atoms with Crippen LogP contribution in [0.25, 0.3) is 0 Å². The lowest BCUT2D eigenvalue weighted by atomic mass is 9.82. The standard InChI is InChI=1S/C28H33BrN2O7Si/c1-16-26(39(3,4)36)23(10-11-32)38-28(16)21-13-19(29)8-9-22(21)30(27(28)35)15-18-6-5-7-20(12-18)31-24(34)14-25(31)37-17(2)33/h5-9,12-13,16,23,25-26,32,36H,10-11,14-15H2,1-4H3/t16-,23+,25?,26-,28+/m0/s1. The summed E-state index contributed by atoms with van der Waals surface area (Å²) in [5.41, 5.74) is 1.30. The van der Waals surface area contributed by atoms with E-state index in [9.17, 15) is 24.3 Å². The third-order valence-electron chi connectivity index (χ3n) is 8.10. The molecule has 5 atom stereocenters. The number of fused-ring (bicyclic) bond motifs is 2. The van der Waals surface area contributed by atoms with Gasteiger partial charge in [-0.2, -0.15) is 0 Å². The van der Waals surface area contributed by atoms with Crippen molar-refractivity contribution in [1.29, 1.82) is 0 Å². The molecule has 9 nitrogen and oxygen atoms in total. The molecule has 1 unspecified atom stereocenters. The van der Waals surface area contributed by atoms with Gasteiger partial charge >= 0.3 is 5.97 Å². The second kappa shape index (κ2) is 10.1. The number of esters is 1. The van der Waals surface area contributed by atoms with Crippen LogP contribution < -0.4 is 9.80 Å². The number of aliphatic hydroxyl groups excluding tert-OH is 1. The number of ether oxygens (including phenoxy) is 2. The van der Waals surface area contributed by atoms with Gasteiger partial charge < -0.3 is 24.3 Å². The van der Waals surface area contributed by atoms with Crippen LogP contribution in [0.1, 0.15) is 37.8 Å². The van der Waals surface area contributed by atoms with Gasteiger partial charge in [0.2, 0.25) is 5.91 Å². The van der Waals surface area contributed by atoms with Crippen LogP contribution in [-0.4, -0.2) is 54.9 Å². The van der Waals surface area contributed by atoms with Crippen LogP contribution in [0.2, 0.25) is 18.6 Å². The number of anilines is 2. The van der Waals surface area contributed by atoms with E-state index in [-0.39, 0.29) is 42.8 Å². The van der Waals surface area contributed by atoms with E-state index in [1.165, 1.54) is 11.8 Å². The summed E-state index contributed by atoms with van der Waals surface area (Å²) in [6.07, 6.45) is -0.625. The lowest BCUT2D eigenvalue weighted by Crippen LogP contribution is -2.54. The van der Waals surface area contributed by atoms with E-state index in [4.69, 9.17) is 9.47 Å². The van der Waals surface area contributed by atoms with Crippen molar-refractivity contribution in [3.63, 3.8) is 0 Å². The molecular weight excluding hydrogens is 584 g/mol. The van der Waals surface area contributed by atoms with E-state index in [1.807, 2.05) is 56.4 Å². The van der Waals surface area contributed by atoms with Crippen molar-refractivity contribution < 1.29 is 33.8 Å². The monoisotopic (exact) mass is 616 g/mol.